The zero-order chi connectivity index (χ0) is 12.7. The van der Waals surface area contributed by atoms with Crippen LogP contribution in [0.2, 0.25) is 0 Å². The largest absolute Gasteiger partial charge is 0.352 e. The van der Waals surface area contributed by atoms with Crippen molar-refractivity contribution in [2.24, 2.45) is 4.99 Å². The molecule has 2 aliphatic heterocycles. The molecular weight excluding hydrogens is 236 g/mol. The first kappa shape index (κ1) is 11.4. The average molecular weight is 251 g/mol. The van der Waals surface area contributed by atoms with Gasteiger partial charge in [0, 0.05) is 19.1 Å². The maximum atomic E-state index is 13.3. The maximum Gasteiger partial charge on any atom is 0.194 e. The van der Waals surface area contributed by atoms with Crippen LogP contribution in [0.3, 0.4) is 0 Å². The zero-order valence-electron chi connectivity index (χ0n) is 10.2. The molecule has 0 amide bonds. The summed E-state index contributed by atoms with van der Waals surface area (Å²) in [7, 11) is 0. The molecule has 0 saturated carbocycles. The second kappa shape index (κ2) is 4.23. The van der Waals surface area contributed by atoms with Crippen LogP contribution in [-0.2, 0) is 0 Å². The van der Waals surface area contributed by atoms with E-state index >= 15 is 0 Å². The molecule has 2 heterocycles. The smallest absolute Gasteiger partial charge is 0.194 e. The molecule has 1 saturated heterocycles. The van der Waals surface area contributed by atoms with E-state index in [1.54, 1.807) is 6.07 Å². The molecule has 1 fully saturated rings. The number of guanidine groups is 1. The highest BCUT2D eigenvalue weighted by Gasteiger charge is 2.33. The third-order valence-electron chi connectivity index (χ3n) is 3.49. The Morgan fingerprint density at radius 2 is 2.17 bits per heavy atom. The quantitative estimate of drug-likeness (QED) is 0.827. The number of nitrogens with zero attached hydrogens (tertiary/aromatic N) is 2. The highest BCUT2D eigenvalue weighted by molar-refractivity contribution is 5.83. The van der Waals surface area contributed by atoms with Gasteiger partial charge in [0.15, 0.2) is 17.6 Å². The van der Waals surface area contributed by atoms with Gasteiger partial charge < -0.3 is 10.2 Å². The first-order valence-electron chi connectivity index (χ1n) is 6.18. The predicted molar refractivity (Wildman–Crippen MR) is 65.3 cm³/mol. The van der Waals surface area contributed by atoms with Crippen molar-refractivity contribution in [1.82, 2.24) is 10.2 Å². The van der Waals surface area contributed by atoms with Crippen molar-refractivity contribution < 1.29 is 8.78 Å². The molecule has 3 nitrogen and oxygen atoms in total. The number of nitrogens with one attached hydrogen (secondary N) is 1. The van der Waals surface area contributed by atoms with E-state index in [9.17, 15) is 8.78 Å². The van der Waals surface area contributed by atoms with Gasteiger partial charge in [-0.2, -0.15) is 0 Å². The number of fused-ring (bicyclic) bond motifs is 1. The number of hydrogen-bond donors (Lipinski definition) is 1. The molecule has 0 aliphatic carbocycles. The van der Waals surface area contributed by atoms with Gasteiger partial charge in [0.05, 0.1) is 6.04 Å². The molecule has 2 aliphatic rings. The Bertz CT molecular complexity index is 501. The zero-order valence-corrected chi connectivity index (χ0v) is 10.2. The fourth-order valence-corrected chi connectivity index (χ4v) is 2.66. The number of hydrogen-bond acceptors (Lipinski definition) is 3. The molecule has 2 unspecified atom stereocenters. The fourth-order valence-electron chi connectivity index (χ4n) is 2.66. The van der Waals surface area contributed by atoms with Crippen molar-refractivity contribution in [1.29, 1.82) is 0 Å². The Morgan fingerprint density at radius 1 is 1.33 bits per heavy atom. The molecule has 1 N–H and O–H groups in total. The Kier molecular flexibility index (Phi) is 2.69. The van der Waals surface area contributed by atoms with Gasteiger partial charge in [-0.25, -0.2) is 8.78 Å². The van der Waals surface area contributed by atoms with E-state index in [2.05, 4.69) is 22.1 Å². The summed E-state index contributed by atoms with van der Waals surface area (Å²) in [4.78, 5) is 6.56. The summed E-state index contributed by atoms with van der Waals surface area (Å²) in [5.74, 6) is -0.698. The van der Waals surface area contributed by atoms with Crippen LogP contribution >= 0.6 is 0 Å². The van der Waals surface area contributed by atoms with Gasteiger partial charge in [-0.1, -0.05) is 6.07 Å². The van der Waals surface area contributed by atoms with Crippen LogP contribution in [0.15, 0.2) is 23.2 Å². The van der Waals surface area contributed by atoms with Gasteiger partial charge >= 0.3 is 0 Å². The molecule has 18 heavy (non-hydrogen) atoms. The van der Waals surface area contributed by atoms with Gasteiger partial charge in [0.25, 0.3) is 0 Å². The first-order chi connectivity index (χ1) is 8.65. The molecule has 0 radical (unpaired) electrons. The summed E-state index contributed by atoms with van der Waals surface area (Å²) >= 11 is 0. The summed E-state index contributed by atoms with van der Waals surface area (Å²) < 4.78 is 26.3. The van der Waals surface area contributed by atoms with Gasteiger partial charge in [-0.15, -0.1) is 0 Å². The maximum absolute atomic E-state index is 13.3. The molecular formula is C13H15F2N3. The second-order valence-corrected chi connectivity index (χ2v) is 4.88. The average Bonchev–Trinajstić information content (AvgIpc) is 2.72. The van der Waals surface area contributed by atoms with E-state index in [4.69, 9.17) is 0 Å². The van der Waals surface area contributed by atoms with Crippen LogP contribution in [-0.4, -0.2) is 30.0 Å². The molecule has 0 bridgehead atoms. The minimum atomic E-state index is -0.795. The van der Waals surface area contributed by atoms with Crippen molar-refractivity contribution in [3.05, 3.63) is 35.4 Å². The minimum absolute atomic E-state index is 0.0880. The molecule has 2 atom stereocenters. The number of aliphatic imine (C=N–C) groups is 1. The number of halogens is 2. The Hall–Kier alpha value is -1.65. The summed E-state index contributed by atoms with van der Waals surface area (Å²) in [5, 5.41) is 3.29. The number of benzene rings is 1. The third kappa shape index (κ3) is 1.83. The molecule has 0 aromatic heterocycles. The topological polar surface area (TPSA) is 27.6 Å². The second-order valence-electron chi connectivity index (χ2n) is 4.88. The lowest BCUT2D eigenvalue weighted by Gasteiger charge is -2.32. The Balaban J connectivity index is 1.92. The van der Waals surface area contributed by atoms with E-state index in [1.807, 2.05) is 0 Å². The molecule has 3 rings (SSSR count). The lowest BCUT2D eigenvalue weighted by Crippen LogP contribution is -2.37. The van der Waals surface area contributed by atoms with Crippen LogP contribution < -0.4 is 5.32 Å². The van der Waals surface area contributed by atoms with E-state index in [0.717, 1.165) is 31.0 Å². The molecule has 96 valence electrons. The van der Waals surface area contributed by atoms with Gasteiger partial charge in [-0.05, 0) is 31.0 Å². The normalized spacial score (nSPS) is 26.6. The highest BCUT2D eigenvalue weighted by Crippen LogP contribution is 2.30. The standard InChI is InChI=1S/C13H15F2N3/c1-8-7-18-12(4-5-16-13(18)17-8)9-2-3-10(14)11(15)6-9/h2-3,6,8,12H,4-5,7H2,1H3,(H,16,17). The molecule has 0 spiro atoms. The van der Waals surface area contributed by atoms with Crippen LogP contribution in [0.25, 0.3) is 0 Å². The summed E-state index contributed by atoms with van der Waals surface area (Å²) in [6.07, 6.45) is 0.836. The van der Waals surface area contributed by atoms with Crippen molar-refractivity contribution in [3.63, 3.8) is 0 Å². The predicted octanol–water partition coefficient (Wildman–Crippen LogP) is 2.06. The Morgan fingerprint density at radius 3 is 2.94 bits per heavy atom. The Labute approximate surface area is 105 Å². The van der Waals surface area contributed by atoms with E-state index in [-0.39, 0.29) is 6.04 Å². The third-order valence-corrected chi connectivity index (χ3v) is 3.49. The van der Waals surface area contributed by atoms with Crippen LogP contribution in [0, 0.1) is 11.6 Å². The summed E-state index contributed by atoms with van der Waals surface area (Å²) in [6, 6.07) is 4.59. The molecule has 1 aromatic carbocycles. The van der Waals surface area contributed by atoms with Gasteiger partial charge in [0.2, 0.25) is 0 Å². The summed E-state index contributed by atoms with van der Waals surface area (Å²) in [6.45, 7) is 3.65. The van der Waals surface area contributed by atoms with E-state index in [0.29, 0.717) is 6.04 Å². The van der Waals surface area contributed by atoms with Crippen molar-refractivity contribution in [3.8, 4) is 0 Å². The van der Waals surface area contributed by atoms with Gasteiger partial charge in [-0.3, -0.25) is 4.99 Å². The summed E-state index contributed by atoms with van der Waals surface area (Å²) in [5.41, 5.74) is 0.817. The van der Waals surface area contributed by atoms with Crippen LogP contribution in [0.4, 0.5) is 8.78 Å². The lowest BCUT2D eigenvalue weighted by atomic mass is 10.0. The number of rotatable bonds is 1. The van der Waals surface area contributed by atoms with Crippen molar-refractivity contribution in [2.45, 2.75) is 25.4 Å². The van der Waals surface area contributed by atoms with Crippen LogP contribution in [0.5, 0.6) is 0 Å². The molecule has 1 aromatic rings. The fraction of sp³-hybridized carbons (Fsp3) is 0.462. The van der Waals surface area contributed by atoms with E-state index in [1.165, 1.54) is 12.1 Å². The SMILES string of the molecule is CC1CN2C(=NCCC2c2ccc(F)c(F)c2)N1. The molecule has 5 heteroatoms. The van der Waals surface area contributed by atoms with E-state index < -0.39 is 11.6 Å². The first-order valence-corrected chi connectivity index (χ1v) is 6.18. The minimum Gasteiger partial charge on any atom is -0.352 e. The highest BCUT2D eigenvalue weighted by atomic mass is 19.2. The lowest BCUT2D eigenvalue weighted by molar-refractivity contribution is 0.303. The van der Waals surface area contributed by atoms with Crippen molar-refractivity contribution >= 4 is 5.96 Å². The van der Waals surface area contributed by atoms with Crippen molar-refractivity contribution in [2.75, 3.05) is 13.1 Å². The van der Waals surface area contributed by atoms with Crippen LogP contribution in [0.1, 0.15) is 24.9 Å². The van der Waals surface area contributed by atoms with Gasteiger partial charge in [0.1, 0.15) is 0 Å². The monoisotopic (exact) mass is 251 g/mol.